The highest BCUT2D eigenvalue weighted by atomic mass is 35.5. The number of anilines is 2. The quantitative estimate of drug-likeness (QED) is 0.613. The van der Waals surface area contributed by atoms with Crippen molar-refractivity contribution in [3.8, 4) is 5.75 Å². The summed E-state index contributed by atoms with van der Waals surface area (Å²) in [7, 11) is -3.31. The summed E-state index contributed by atoms with van der Waals surface area (Å²) < 4.78 is 30.5. The van der Waals surface area contributed by atoms with Gasteiger partial charge in [0, 0.05) is 44.1 Å². The molecule has 0 unspecified atom stereocenters. The molecule has 0 radical (unpaired) electrons. The number of halogens is 2. The summed E-state index contributed by atoms with van der Waals surface area (Å²) in [6.07, 6.45) is 0.466. The van der Waals surface area contributed by atoms with E-state index in [0.717, 1.165) is 38.1 Å². The molecule has 2 aromatic rings. The maximum absolute atomic E-state index is 11.2. The number of piperazine rings is 1. The number of ether oxygens (including phenoxy) is 1. The third kappa shape index (κ3) is 6.92. The molecule has 30 heavy (non-hydrogen) atoms. The van der Waals surface area contributed by atoms with Crippen LogP contribution in [-0.2, 0) is 10.0 Å². The lowest BCUT2D eigenvalue weighted by molar-refractivity contribution is 0.0663. The Balaban J connectivity index is 1.41. The van der Waals surface area contributed by atoms with Crippen LogP contribution >= 0.6 is 23.2 Å². The Labute approximate surface area is 187 Å². The highest BCUT2D eigenvalue weighted by Gasteiger charge is 2.20. The summed E-state index contributed by atoms with van der Waals surface area (Å²) in [5, 5.41) is 11.4. The van der Waals surface area contributed by atoms with Gasteiger partial charge in [0.25, 0.3) is 0 Å². The van der Waals surface area contributed by atoms with E-state index in [1.807, 2.05) is 12.1 Å². The fraction of sp³-hybridized carbons (Fsp3) is 0.400. The molecule has 0 amide bonds. The van der Waals surface area contributed by atoms with Gasteiger partial charge in [-0.1, -0.05) is 23.2 Å². The molecule has 2 aromatic carbocycles. The van der Waals surface area contributed by atoms with Crippen molar-refractivity contribution in [3.05, 3.63) is 52.5 Å². The molecule has 3 rings (SSSR count). The molecular formula is C20H25Cl2N3O4S. The topological polar surface area (TPSA) is 82.1 Å². The van der Waals surface area contributed by atoms with E-state index in [4.69, 9.17) is 27.9 Å². The number of nitrogens with one attached hydrogen (secondary N) is 1. The molecule has 0 spiro atoms. The van der Waals surface area contributed by atoms with E-state index < -0.39 is 16.1 Å². The molecule has 164 valence electrons. The van der Waals surface area contributed by atoms with Gasteiger partial charge < -0.3 is 14.7 Å². The molecule has 0 bridgehead atoms. The first-order valence-corrected chi connectivity index (χ1v) is 12.2. The standard InChI is InChI=1S/C20H25Cl2N3O4S/c1-30(27,28)23-15-2-5-18(6-3-15)29-14-17(26)13-24-8-10-25(11-9-24)16-4-7-19(21)20(22)12-16/h2-7,12,17,23,26H,8-11,13-14H2,1H3/t17-/m0/s1. The first-order chi connectivity index (χ1) is 14.2. The number of hydrogen-bond acceptors (Lipinski definition) is 6. The average molecular weight is 474 g/mol. The van der Waals surface area contributed by atoms with Gasteiger partial charge in [0.1, 0.15) is 18.5 Å². The number of nitrogens with zero attached hydrogens (tertiary/aromatic N) is 2. The second-order valence-electron chi connectivity index (χ2n) is 7.25. The Hall–Kier alpha value is -1.71. The summed E-state index contributed by atoms with van der Waals surface area (Å²) in [5.41, 5.74) is 1.51. The van der Waals surface area contributed by atoms with Crippen LogP contribution in [0.1, 0.15) is 0 Å². The normalized spacial score (nSPS) is 16.3. The summed E-state index contributed by atoms with van der Waals surface area (Å²) in [4.78, 5) is 4.44. The van der Waals surface area contributed by atoms with Crippen LogP contribution in [0.4, 0.5) is 11.4 Å². The Bertz CT molecular complexity index is 949. The molecule has 0 aromatic heterocycles. The fourth-order valence-electron chi connectivity index (χ4n) is 3.25. The summed E-state index contributed by atoms with van der Waals surface area (Å²) >= 11 is 12.1. The van der Waals surface area contributed by atoms with Crippen LogP contribution in [0.25, 0.3) is 0 Å². The van der Waals surface area contributed by atoms with Crippen molar-refractivity contribution >= 4 is 44.6 Å². The first-order valence-electron chi connectivity index (χ1n) is 9.51. The van der Waals surface area contributed by atoms with Crippen LogP contribution in [0.15, 0.2) is 42.5 Å². The van der Waals surface area contributed by atoms with Gasteiger partial charge in [-0.3, -0.25) is 9.62 Å². The number of rotatable bonds is 8. The number of aliphatic hydroxyl groups excluding tert-OH is 1. The van der Waals surface area contributed by atoms with Crippen LogP contribution < -0.4 is 14.4 Å². The molecule has 1 aliphatic heterocycles. The number of benzene rings is 2. The molecule has 1 heterocycles. The minimum atomic E-state index is -3.31. The number of hydrogen-bond donors (Lipinski definition) is 2. The number of aliphatic hydroxyl groups is 1. The van der Waals surface area contributed by atoms with Gasteiger partial charge in [0.2, 0.25) is 10.0 Å². The average Bonchev–Trinajstić information content (AvgIpc) is 2.69. The fourth-order valence-corrected chi connectivity index (χ4v) is 4.10. The lowest BCUT2D eigenvalue weighted by atomic mass is 10.2. The van der Waals surface area contributed by atoms with Gasteiger partial charge in [-0.2, -0.15) is 0 Å². The van der Waals surface area contributed by atoms with Crippen molar-refractivity contribution in [2.24, 2.45) is 0 Å². The maximum atomic E-state index is 11.2. The molecule has 7 nitrogen and oxygen atoms in total. The molecule has 1 saturated heterocycles. The lowest BCUT2D eigenvalue weighted by Crippen LogP contribution is -2.49. The molecule has 0 aliphatic carbocycles. The SMILES string of the molecule is CS(=O)(=O)Nc1ccc(OC[C@@H](O)CN2CCN(c3ccc(Cl)c(Cl)c3)CC2)cc1. The van der Waals surface area contributed by atoms with E-state index in [1.165, 1.54) is 0 Å². The highest BCUT2D eigenvalue weighted by molar-refractivity contribution is 7.92. The molecule has 1 fully saturated rings. The largest absolute Gasteiger partial charge is 0.491 e. The number of β-amino-alcohol motifs (C(OH)–C–C–N with tert-alkyl or cyclic N) is 1. The third-order valence-corrected chi connectivity index (χ3v) is 6.06. The zero-order chi connectivity index (χ0) is 21.7. The Kier molecular flexibility index (Phi) is 7.70. The predicted molar refractivity (Wildman–Crippen MR) is 122 cm³/mol. The third-order valence-electron chi connectivity index (χ3n) is 4.71. The predicted octanol–water partition coefficient (Wildman–Crippen LogP) is 2.93. The van der Waals surface area contributed by atoms with E-state index in [9.17, 15) is 13.5 Å². The zero-order valence-electron chi connectivity index (χ0n) is 16.6. The van der Waals surface area contributed by atoms with Crippen molar-refractivity contribution in [1.82, 2.24) is 4.90 Å². The molecular weight excluding hydrogens is 449 g/mol. The second-order valence-corrected chi connectivity index (χ2v) is 9.81. The smallest absolute Gasteiger partial charge is 0.229 e. The van der Waals surface area contributed by atoms with E-state index in [0.29, 0.717) is 28.0 Å². The lowest BCUT2D eigenvalue weighted by Gasteiger charge is -2.37. The Morgan fingerprint density at radius 3 is 2.33 bits per heavy atom. The highest BCUT2D eigenvalue weighted by Crippen LogP contribution is 2.27. The van der Waals surface area contributed by atoms with Crippen molar-refractivity contribution in [1.29, 1.82) is 0 Å². The minimum Gasteiger partial charge on any atom is -0.491 e. The van der Waals surface area contributed by atoms with Gasteiger partial charge in [-0.15, -0.1) is 0 Å². The Morgan fingerprint density at radius 1 is 1.07 bits per heavy atom. The summed E-state index contributed by atoms with van der Waals surface area (Å²) in [6.45, 7) is 3.99. The van der Waals surface area contributed by atoms with Crippen LogP contribution in [0, 0.1) is 0 Å². The van der Waals surface area contributed by atoms with Gasteiger partial charge in [0.05, 0.1) is 16.3 Å². The van der Waals surface area contributed by atoms with Crippen molar-refractivity contribution < 1.29 is 18.3 Å². The first kappa shape index (κ1) is 23.0. The summed E-state index contributed by atoms with van der Waals surface area (Å²) in [5.74, 6) is 0.567. The maximum Gasteiger partial charge on any atom is 0.229 e. The van der Waals surface area contributed by atoms with E-state index in [1.54, 1.807) is 30.3 Å². The Morgan fingerprint density at radius 2 is 1.73 bits per heavy atom. The van der Waals surface area contributed by atoms with Crippen LogP contribution in [-0.4, -0.2) is 70.1 Å². The monoisotopic (exact) mass is 473 g/mol. The second kappa shape index (κ2) is 10.1. The van der Waals surface area contributed by atoms with E-state index >= 15 is 0 Å². The molecule has 0 saturated carbocycles. The van der Waals surface area contributed by atoms with Gasteiger partial charge in [0.15, 0.2) is 0 Å². The molecule has 1 aliphatic rings. The van der Waals surface area contributed by atoms with Crippen LogP contribution in [0.3, 0.4) is 0 Å². The van der Waals surface area contributed by atoms with E-state index in [2.05, 4.69) is 14.5 Å². The van der Waals surface area contributed by atoms with Crippen LogP contribution in [0.2, 0.25) is 10.0 Å². The van der Waals surface area contributed by atoms with E-state index in [-0.39, 0.29) is 6.61 Å². The molecule has 1 atom stereocenters. The molecule has 2 N–H and O–H groups in total. The van der Waals surface area contributed by atoms with Crippen molar-refractivity contribution in [2.45, 2.75) is 6.10 Å². The van der Waals surface area contributed by atoms with Gasteiger partial charge in [-0.05, 0) is 42.5 Å². The van der Waals surface area contributed by atoms with Crippen molar-refractivity contribution in [2.75, 3.05) is 55.2 Å². The molecule has 10 heteroatoms. The van der Waals surface area contributed by atoms with Crippen molar-refractivity contribution in [3.63, 3.8) is 0 Å². The summed E-state index contributed by atoms with van der Waals surface area (Å²) in [6, 6.07) is 12.2. The van der Waals surface area contributed by atoms with Crippen LogP contribution in [0.5, 0.6) is 5.75 Å². The van der Waals surface area contributed by atoms with Gasteiger partial charge in [-0.25, -0.2) is 8.42 Å². The minimum absolute atomic E-state index is 0.159. The van der Waals surface area contributed by atoms with Gasteiger partial charge >= 0.3 is 0 Å². The number of sulfonamides is 1. The zero-order valence-corrected chi connectivity index (χ0v) is 18.9.